The fraction of sp³-hybridized carbons (Fsp3) is 0.368. The molecule has 3 rings (SSSR count). The van der Waals surface area contributed by atoms with E-state index >= 15 is 0 Å². The molecule has 2 aromatic rings. The largest absolute Gasteiger partial charge is 0.326 e. The van der Waals surface area contributed by atoms with Gasteiger partial charge >= 0.3 is 6.03 Å². The molecule has 5 nitrogen and oxygen atoms in total. The number of hydrogen-bond donors (Lipinski definition) is 2. The quantitative estimate of drug-likeness (QED) is 0.863. The average Bonchev–Trinajstić information content (AvgIpc) is 3.07. The fourth-order valence-electron chi connectivity index (χ4n) is 3.17. The number of amides is 3. The molecule has 2 N–H and O–H groups in total. The standard InChI is InChI=1S/C19H23N3O2S/c1-13-10-14(2)12-16(11-13)20-18(23)15-5-7-22(8-6-15)19(24)21-17-4-3-9-25-17/h3-4,9-12,15H,5-8H2,1-2H3,(H,20,23)(H,21,24). The highest BCUT2D eigenvalue weighted by atomic mass is 32.1. The molecule has 0 atom stereocenters. The Kier molecular flexibility index (Phi) is 5.38. The summed E-state index contributed by atoms with van der Waals surface area (Å²) in [5, 5.41) is 8.69. The Morgan fingerprint density at radius 3 is 2.36 bits per heavy atom. The molecular weight excluding hydrogens is 334 g/mol. The molecule has 1 aromatic carbocycles. The first-order valence-electron chi connectivity index (χ1n) is 8.50. The molecule has 1 aromatic heterocycles. The summed E-state index contributed by atoms with van der Waals surface area (Å²) < 4.78 is 0. The van der Waals surface area contributed by atoms with Crippen LogP contribution in [0.3, 0.4) is 0 Å². The van der Waals surface area contributed by atoms with Crippen molar-refractivity contribution in [2.24, 2.45) is 5.92 Å². The summed E-state index contributed by atoms with van der Waals surface area (Å²) in [6.07, 6.45) is 1.38. The highest BCUT2D eigenvalue weighted by molar-refractivity contribution is 7.14. The number of nitrogens with zero attached hydrogens (tertiary/aromatic N) is 1. The van der Waals surface area contributed by atoms with Crippen molar-refractivity contribution in [2.75, 3.05) is 23.7 Å². The molecule has 1 aliphatic rings. The van der Waals surface area contributed by atoms with E-state index in [1.54, 1.807) is 4.90 Å². The molecule has 6 heteroatoms. The van der Waals surface area contributed by atoms with Crippen molar-refractivity contribution in [3.63, 3.8) is 0 Å². The zero-order valence-corrected chi connectivity index (χ0v) is 15.4. The third-order valence-corrected chi connectivity index (χ3v) is 5.18. The van der Waals surface area contributed by atoms with E-state index in [1.807, 2.05) is 43.5 Å². The third kappa shape index (κ3) is 4.60. The molecule has 0 unspecified atom stereocenters. The minimum atomic E-state index is -0.0874. The number of nitrogens with one attached hydrogen (secondary N) is 2. The maximum atomic E-state index is 12.5. The molecule has 0 saturated carbocycles. The molecule has 3 amide bonds. The van der Waals surface area contributed by atoms with Crippen LogP contribution in [-0.4, -0.2) is 29.9 Å². The molecule has 2 heterocycles. The van der Waals surface area contributed by atoms with Crippen LogP contribution in [0.2, 0.25) is 0 Å². The minimum Gasteiger partial charge on any atom is -0.326 e. The van der Waals surface area contributed by atoms with E-state index in [4.69, 9.17) is 0 Å². The summed E-state index contributed by atoms with van der Waals surface area (Å²) in [6.45, 7) is 5.24. The van der Waals surface area contributed by atoms with Crippen LogP contribution in [0.5, 0.6) is 0 Å². The first kappa shape index (κ1) is 17.5. The lowest BCUT2D eigenvalue weighted by Gasteiger charge is -2.31. The van der Waals surface area contributed by atoms with Crippen molar-refractivity contribution >= 4 is 34.0 Å². The molecule has 25 heavy (non-hydrogen) atoms. The molecule has 1 aliphatic heterocycles. The number of carbonyl (C=O) groups is 2. The van der Waals surface area contributed by atoms with Crippen LogP contribution in [0.1, 0.15) is 24.0 Å². The third-order valence-electron chi connectivity index (χ3n) is 4.39. The highest BCUT2D eigenvalue weighted by Gasteiger charge is 2.27. The number of hydrogen-bond acceptors (Lipinski definition) is 3. The lowest BCUT2D eigenvalue weighted by molar-refractivity contribution is -0.121. The average molecular weight is 357 g/mol. The highest BCUT2D eigenvalue weighted by Crippen LogP contribution is 2.22. The number of aryl methyl sites for hydroxylation is 2. The molecule has 1 fully saturated rings. The minimum absolute atomic E-state index is 0.0447. The van der Waals surface area contributed by atoms with Gasteiger partial charge in [-0.05, 0) is 67.5 Å². The smallest absolute Gasteiger partial charge is 0.322 e. The summed E-state index contributed by atoms with van der Waals surface area (Å²) in [6, 6.07) is 9.75. The van der Waals surface area contributed by atoms with Crippen LogP contribution < -0.4 is 10.6 Å². The lowest BCUT2D eigenvalue weighted by atomic mass is 9.96. The van der Waals surface area contributed by atoms with Gasteiger partial charge in [0.1, 0.15) is 0 Å². The van der Waals surface area contributed by atoms with Gasteiger partial charge in [0.05, 0.1) is 5.00 Å². The Morgan fingerprint density at radius 2 is 1.76 bits per heavy atom. The van der Waals surface area contributed by atoms with E-state index in [1.165, 1.54) is 11.3 Å². The number of likely N-dealkylation sites (tertiary alicyclic amines) is 1. The molecular formula is C19H23N3O2S. The maximum Gasteiger partial charge on any atom is 0.322 e. The Labute approximate surface area is 152 Å². The molecule has 0 aliphatic carbocycles. The van der Waals surface area contributed by atoms with E-state index in [2.05, 4.69) is 16.7 Å². The van der Waals surface area contributed by atoms with Gasteiger partial charge in [-0.2, -0.15) is 0 Å². The van der Waals surface area contributed by atoms with E-state index in [0.29, 0.717) is 25.9 Å². The van der Waals surface area contributed by atoms with Gasteiger partial charge in [0.2, 0.25) is 5.91 Å². The second-order valence-electron chi connectivity index (χ2n) is 6.53. The Hall–Kier alpha value is -2.34. The zero-order valence-electron chi connectivity index (χ0n) is 14.5. The number of urea groups is 1. The fourth-order valence-corrected chi connectivity index (χ4v) is 3.78. The van der Waals surface area contributed by atoms with Crippen LogP contribution in [0.4, 0.5) is 15.5 Å². The van der Waals surface area contributed by atoms with E-state index in [0.717, 1.165) is 21.8 Å². The van der Waals surface area contributed by atoms with Gasteiger partial charge in [0.25, 0.3) is 0 Å². The Bertz CT molecular complexity index is 730. The maximum absolute atomic E-state index is 12.5. The van der Waals surface area contributed by atoms with Gasteiger partial charge in [-0.15, -0.1) is 11.3 Å². The molecule has 1 saturated heterocycles. The summed E-state index contributed by atoms with van der Waals surface area (Å²) in [7, 11) is 0. The first-order valence-corrected chi connectivity index (χ1v) is 9.38. The second-order valence-corrected chi connectivity index (χ2v) is 7.48. The number of piperidine rings is 1. The predicted molar refractivity (Wildman–Crippen MR) is 102 cm³/mol. The number of carbonyl (C=O) groups excluding carboxylic acids is 2. The van der Waals surface area contributed by atoms with Crippen molar-refractivity contribution in [2.45, 2.75) is 26.7 Å². The number of thiophene rings is 1. The molecule has 0 bridgehead atoms. The number of anilines is 2. The second kappa shape index (κ2) is 7.70. The normalized spacial score (nSPS) is 15.0. The molecule has 0 radical (unpaired) electrons. The van der Waals surface area contributed by atoms with Gasteiger partial charge in [0.15, 0.2) is 0 Å². The van der Waals surface area contributed by atoms with Crippen molar-refractivity contribution < 1.29 is 9.59 Å². The topological polar surface area (TPSA) is 61.4 Å². The molecule has 132 valence electrons. The van der Waals surface area contributed by atoms with E-state index in [-0.39, 0.29) is 17.9 Å². The Morgan fingerprint density at radius 1 is 1.08 bits per heavy atom. The lowest BCUT2D eigenvalue weighted by Crippen LogP contribution is -2.43. The summed E-state index contributed by atoms with van der Waals surface area (Å²) in [5.41, 5.74) is 3.12. The van der Waals surface area contributed by atoms with Gasteiger partial charge < -0.3 is 10.2 Å². The van der Waals surface area contributed by atoms with Crippen molar-refractivity contribution in [3.8, 4) is 0 Å². The first-order chi connectivity index (χ1) is 12.0. The van der Waals surface area contributed by atoms with Gasteiger partial charge in [-0.1, -0.05) is 6.07 Å². The van der Waals surface area contributed by atoms with Crippen LogP contribution in [0, 0.1) is 19.8 Å². The molecule has 0 spiro atoms. The van der Waals surface area contributed by atoms with Crippen LogP contribution in [-0.2, 0) is 4.79 Å². The zero-order chi connectivity index (χ0) is 17.8. The van der Waals surface area contributed by atoms with Gasteiger partial charge in [0, 0.05) is 24.7 Å². The van der Waals surface area contributed by atoms with Crippen LogP contribution in [0.25, 0.3) is 0 Å². The Balaban J connectivity index is 1.51. The summed E-state index contributed by atoms with van der Waals surface area (Å²) >= 11 is 1.50. The van der Waals surface area contributed by atoms with Gasteiger partial charge in [-0.3, -0.25) is 10.1 Å². The van der Waals surface area contributed by atoms with Gasteiger partial charge in [-0.25, -0.2) is 4.79 Å². The van der Waals surface area contributed by atoms with Crippen molar-refractivity contribution in [3.05, 3.63) is 46.8 Å². The summed E-state index contributed by atoms with van der Waals surface area (Å²) in [5.74, 6) is -0.00470. The SMILES string of the molecule is Cc1cc(C)cc(NC(=O)C2CCN(C(=O)Nc3cccs3)CC2)c1. The number of benzene rings is 1. The van der Waals surface area contributed by atoms with E-state index in [9.17, 15) is 9.59 Å². The van der Waals surface area contributed by atoms with Crippen LogP contribution in [0.15, 0.2) is 35.7 Å². The monoisotopic (exact) mass is 357 g/mol. The van der Waals surface area contributed by atoms with E-state index < -0.39 is 0 Å². The van der Waals surface area contributed by atoms with Crippen molar-refractivity contribution in [1.29, 1.82) is 0 Å². The summed E-state index contributed by atoms with van der Waals surface area (Å²) in [4.78, 5) is 26.5. The van der Waals surface area contributed by atoms with Crippen LogP contribution >= 0.6 is 11.3 Å². The number of rotatable bonds is 3. The predicted octanol–water partition coefficient (Wildman–Crippen LogP) is 4.25. The van der Waals surface area contributed by atoms with Crippen molar-refractivity contribution in [1.82, 2.24) is 4.90 Å².